The zero-order valence-electron chi connectivity index (χ0n) is 61.1. The zero-order valence-corrected chi connectivity index (χ0v) is 62.0. The van der Waals surface area contributed by atoms with Crippen LogP contribution < -0.4 is 5.32 Å². The van der Waals surface area contributed by atoms with Gasteiger partial charge in [-0.2, -0.15) is 0 Å². The molecule has 0 saturated heterocycles. The van der Waals surface area contributed by atoms with E-state index in [0.717, 1.165) is 77.0 Å². The molecular weight excluding hydrogens is 1140 g/mol. The van der Waals surface area contributed by atoms with Gasteiger partial charge in [0.25, 0.3) is 0 Å². The number of unbranched alkanes of at least 4 members (excludes halogenated alkanes) is 46. The lowest BCUT2D eigenvalue weighted by atomic mass is 10.0. The first kappa shape index (κ1) is 88.5. The van der Waals surface area contributed by atoms with Gasteiger partial charge in [-0.3, -0.25) is 18.6 Å². The number of phosphoric ester groups is 1. The molecule has 0 aliphatic heterocycles. The highest BCUT2D eigenvalue weighted by Gasteiger charge is 2.30. The Morgan fingerprint density at radius 1 is 0.385 bits per heavy atom. The van der Waals surface area contributed by atoms with Crippen LogP contribution in [-0.2, 0) is 27.9 Å². The fourth-order valence-corrected chi connectivity index (χ4v) is 12.3. The van der Waals surface area contributed by atoms with Crippen LogP contribution in [0.1, 0.15) is 380 Å². The predicted molar refractivity (Wildman–Crippen MR) is 397 cm³/mol. The number of amides is 1. The van der Waals surface area contributed by atoms with E-state index in [1.807, 2.05) is 27.2 Å². The van der Waals surface area contributed by atoms with Gasteiger partial charge in [-0.15, -0.1) is 0 Å². The molecule has 1 amide bonds. The Morgan fingerprint density at radius 3 is 1.02 bits per heavy atom. The molecule has 0 heterocycles. The third-order valence-electron chi connectivity index (χ3n) is 17.6. The van der Waals surface area contributed by atoms with E-state index >= 15 is 0 Å². The van der Waals surface area contributed by atoms with E-state index in [2.05, 4.69) is 92.9 Å². The molecule has 2 N–H and O–H groups in total. The Balaban J connectivity index is 4.97. The van der Waals surface area contributed by atoms with Gasteiger partial charge in [0.05, 0.1) is 33.8 Å². The number of rotatable bonds is 72. The summed E-state index contributed by atoms with van der Waals surface area (Å²) in [4.78, 5) is 38.1. The second-order valence-electron chi connectivity index (χ2n) is 27.9. The first-order chi connectivity index (χ1) is 44.4. The molecule has 3 unspecified atom stereocenters. The molecule has 0 spiro atoms. The minimum atomic E-state index is -4.46. The highest BCUT2D eigenvalue weighted by atomic mass is 31.2. The summed E-state index contributed by atoms with van der Waals surface area (Å²) in [5.41, 5.74) is 0. The third kappa shape index (κ3) is 71.6. The number of quaternary nitrogens is 1. The second-order valence-corrected chi connectivity index (χ2v) is 29.3. The molecule has 532 valence electrons. The van der Waals surface area contributed by atoms with Gasteiger partial charge in [0, 0.05) is 12.8 Å². The lowest BCUT2D eigenvalue weighted by Gasteiger charge is -2.27. The Labute approximate surface area is 565 Å². The van der Waals surface area contributed by atoms with Crippen LogP contribution in [0.3, 0.4) is 0 Å². The zero-order chi connectivity index (χ0) is 66.3. The van der Waals surface area contributed by atoms with Crippen molar-refractivity contribution in [3.63, 3.8) is 0 Å². The number of ether oxygens (including phenoxy) is 1. The molecule has 91 heavy (non-hydrogen) atoms. The van der Waals surface area contributed by atoms with Crippen molar-refractivity contribution in [2.24, 2.45) is 0 Å². The minimum absolute atomic E-state index is 0.0403. The van der Waals surface area contributed by atoms with E-state index in [1.54, 1.807) is 0 Å². The smallest absolute Gasteiger partial charge is 0.456 e. The Kier molecular flexibility index (Phi) is 68.3. The standard InChI is InChI=1S/C81H151N2O7P/c1-7-10-13-16-19-22-25-28-30-32-34-36-38-40-41-43-44-46-48-50-52-55-58-61-64-67-70-73-80(84)82-78(77-89-91(86,87)88-76-75-83(4,5)6)79(72-69-66-63-60-57-54-27-24-21-18-15-12-9-3)90-81(85)74-71-68-65-62-59-56-53-51-49-47-45-42-39-37-35-33-31-29-26-23-20-17-14-11-8-2/h19-20,22-23,28-31,34,36,69,72,78-79H,7-18,21,24-27,32-33,35,37-68,70-71,73-77H2,1-6H3,(H-,82,84,86,87)/p+1/b22-19-,23-20-,30-28-,31-29-,36-34-,72-69+. The van der Waals surface area contributed by atoms with E-state index in [-0.39, 0.29) is 25.1 Å². The first-order valence-corrected chi connectivity index (χ1v) is 40.8. The first-order valence-electron chi connectivity index (χ1n) is 39.3. The summed E-state index contributed by atoms with van der Waals surface area (Å²) in [7, 11) is 1.51. The van der Waals surface area contributed by atoms with Gasteiger partial charge in [0.2, 0.25) is 5.91 Å². The fraction of sp³-hybridized carbons (Fsp3) is 0.827. The van der Waals surface area contributed by atoms with Crippen molar-refractivity contribution in [1.82, 2.24) is 5.32 Å². The molecule has 0 aromatic heterocycles. The van der Waals surface area contributed by atoms with Crippen LogP contribution in [0, 0.1) is 0 Å². The number of hydrogen-bond donors (Lipinski definition) is 2. The van der Waals surface area contributed by atoms with E-state index in [0.29, 0.717) is 23.9 Å². The lowest BCUT2D eigenvalue weighted by molar-refractivity contribution is -0.870. The van der Waals surface area contributed by atoms with Gasteiger partial charge in [0.15, 0.2) is 0 Å². The summed E-state index contributed by atoms with van der Waals surface area (Å²) in [6.07, 6.45) is 93.5. The second kappa shape index (κ2) is 70.3. The average Bonchev–Trinajstić information content (AvgIpc) is 3.45. The number of esters is 1. The minimum Gasteiger partial charge on any atom is -0.456 e. The summed E-state index contributed by atoms with van der Waals surface area (Å²) < 4.78 is 30.9. The summed E-state index contributed by atoms with van der Waals surface area (Å²) in [5.74, 6) is -0.490. The highest BCUT2D eigenvalue weighted by molar-refractivity contribution is 7.47. The third-order valence-corrected chi connectivity index (χ3v) is 18.6. The van der Waals surface area contributed by atoms with Crippen molar-refractivity contribution < 1.29 is 37.3 Å². The molecule has 0 rings (SSSR count). The molecule has 0 aromatic carbocycles. The molecule has 0 aromatic rings. The number of nitrogens with one attached hydrogen (secondary N) is 1. The maximum Gasteiger partial charge on any atom is 0.472 e. The van der Waals surface area contributed by atoms with E-state index in [9.17, 15) is 19.0 Å². The van der Waals surface area contributed by atoms with Crippen molar-refractivity contribution in [3.8, 4) is 0 Å². The van der Waals surface area contributed by atoms with Gasteiger partial charge in [-0.25, -0.2) is 4.57 Å². The topological polar surface area (TPSA) is 111 Å². The molecule has 0 aliphatic rings. The van der Waals surface area contributed by atoms with Crippen molar-refractivity contribution in [2.45, 2.75) is 392 Å². The monoisotopic (exact) mass is 1300 g/mol. The summed E-state index contributed by atoms with van der Waals surface area (Å²) in [6.45, 7) is 7.02. The molecule has 0 bridgehead atoms. The number of nitrogens with zero attached hydrogens (tertiary/aromatic N) is 1. The SMILES string of the molecule is CCCCC/C=C\C/C=C\C/C=C\CCCCCCCCCCCCCCCCC(=O)NC(COP(=O)(O)OCC[N+](C)(C)C)C(/C=C/CCCCCCCCCCCCC)OC(=O)CCCCCCCCCCCCCCCCC/C=C\C/C=C\CCCCC. The maximum atomic E-state index is 13.7. The number of likely N-dealkylation sites (N-methyl/N-ethyl adjacent to an activating group) is 1. The quantitative estimate of drug-likeness (QED) is 0.0205. The molecule has 10 heteroatoms. The van der Waals surface area contributed by atoms with Gasteiger partial charge < -0.3 is 19.4 Å². The van der Waals surface area contributed by atoms with E-state index < -0.39 is 20.0 Å². The van der Waals surface area contributed by atoms with Gasteiger partial charge in [0.1, 0.15) is 19.3 Å². The normalized spacial score (nSPS) is 13.8. The Bertz CT molecular complexity index is 1780. The molecule has 0 aliphatic carbocycles. The number of phosphoric acid groups is 1. The molecular formula is C81H152N2O7P+. The number of hydrogen-bond acceptors (Lipinski definition) is 6. The highest BCUT2D eigenvalue weighted by Crippen LogP contribution is 2.43. The lowest BCUT2D eigenvalue weighted by Crippen LogP contribution is -2.47. The Morgan fingerprint density at radius 2 is 0.670 bits per heavy atom. The summed E-state index contributed by atoms with van der Waals surface area (Å²) >= 11 is 0. The fourth-order valence-electron chi connectivity index (χ4n) is 11.6. The van der Waals surface area contributed by atoms with Gasteiger partial charge >= 0.3 is 13.8 Å². The van der Waals surface area contributed by atoms with Crippen LogP contribution in [0.25, 0.3) is 0 Å². The summed E-state index contributed by atoms with van der Waals surface area (Å²) in [6, 6.07) is -0.851. The van der Waals surface area contributed by atoms with Gasteiger partial charge in [-0.05, 0) is 102 Å². The molecule has 0 fully saturated rings. The van der Waals surface area contributed by atoms with Gasteiger partial charge in [-0.1, -0.05) is 338 Å². The van der Waals surface area contributed by atoms with Crippen LogP contribution in [0.2, 0.25) is 0 Å². The molecule has 3 atom stereocenters. The van der Waals surface area contributed by atoms with Crippen LogP contribution in [0.15, 0.2) is 72.9 Å². The molecule has 0 radical (unpaired) electrons. The molecule has 9 nitrogen and oxygen atoms in total. The molecule has 0 saturated carbocycles. The van der Waals surface area contributed by atoms with Crippen LogP contribution in [0.4, 0.5) is 0 Å². The predicted octanol–water partition coefficient (Wildman–Crippen LogP) is 25.5. The van der Waals surface area contributed by atoms with E-state index in [1.165, 1.54) is 270 Å². The van der Waals surface area contributed by atoms with Crippen molar-refractivity contribution in [3.05, 3.63) is 72.9 Å². The number of carbonyl (C=O) groups excluding carboxylic acids is 2. The van der Waals surface area contributed by atoms with Crippen LogP contribution in [0.5, 0.6) is 0 Å². The summed E-state index contributed by atoms with van der Waals surface area (Å²) in [5, 5.41) is 3.09. The Hall–Kier alpha value is -2.55. The van der Waals surface area contributed by atoms with E-state index in [4.69, 9.17) is 13.8 Å². The number of carbonyl (C=O) groups is 2. The van der Waals surface area contributed by atoms with Crippen molar-refractivity contribution in [1.29, 1.82) is 0 Å². The van der Waals surface area contributed by atoms with Crippen LogP contribution in [-0.4, -0.2) is 74.3 Å². The van der Waals surface area contributed by atoms with Crippen LogP contribution >= 0.6 is 7.82 Å². The largest absolute Gasteiger partial charge is 0.472 e. The number of allylic oxidation sites excluding steroid dienone is 11. The van der Waals surface area contributed by atoms with Crippen molar-refractivity contribution >= 4 is 19.7 Å². The maximum absolute atomic E-state index is 13.7. The average molecular weight is 1300 g/mol. The van der Waals surface area contributed by atoms with Crippen molar-refractivity contribution in [2.75, 3.05) is 40.9 Å².